The van der Waals surface area contributed by atoms with E-state index in [1.54, 1.807) is 12.4 Å². The largest absolute Gasteiger partial charge is 0.487 e. The molecule has 0 saturated heterocycles. The first-order chi connectivity index (χ1) is 13.4. The third-order valence-electron chi connectivity index (χ3n) is 4.65. The molecule has 2 aromatic heterocycles. The number of nitrogens with one attached hydrogen (secondary N) is 2. The van der Waals surface area contributed by atoms with Crippen molar-refractivity contribution in [1.82, 2.24) is 19.5 Å². The highest BCUT2D eigenvalue weighted by Crippen LogP contribution is 2.35. The average molecular weight is 395 g/mol. The van der Waals surface area contributed by atoms with E-state index in [0.29, 0.717) is 11.6 Å². The normalized spacial score (nSPS) is 20.1. The fourth-order valence-electron chi connectivity index (χ4n) is 3.29. The number of rotatable bonds is 2. The second-order valence-electron chi connectivity index (χ2n) is 7.42. The van der Waals surface area contributed by atoms with E-state index in [9.17, 15) is 9.00 Å². The van der Waals surface area contributed by atoms with Crippen LogP contribution in [-0.4, -0.2) is 37.0 Å². The number of carbonyl (C=O) groups excluding carboxylic acids is 1. The van der Waals surface area contributed by atoms with Crippen LogP contribution in [0.1, 0.15) is 13.8 Å². The van der Waals surface area contributed by atoms with Crippen molar-refractivity contribution in [2.75, 3.05) is 11.9 Å². The SMILES string of the molecule is CC1(C)COc2cc(-c3ccc4c(cnn4C4=CC(=O)NS4=O)c3)cnc2N1. The Bertz CT molecular complexity index is 1200. The standard InChI is InChI=1S/C19H17N5O3S/c1-19(2)10-27-15-6-12(8-20-18(15)22-19)11-3-4-14-13(5-11)9-21-24(14)17-7-16(25)23-28(17)26/h3-9H,10H2,1-2H3,(H,20,22)(H,23,25). The van der Waals surface area contributed by atoms with Gasteiger partial charge in [0.25, 0.3) is 5.91 Å². The van der Waals surface area contributed by atoms with E-state index in [2.05, 4.69) is 34.0 Å². The van der Waals surface area contributed by atoms with Crippen LogP contribution < -0.4 is 14.8 Å². The molecule has 0 bridgehead atoms. The molecular weight excluding hydrogens is 378 g/mol. The molecule has 0 spiro atoms. The smallest absolute Gasteiger partial charge is 0.258 e. The zero-order chi connectivity index (χ0) is 19.5. The van der Waals surface area contributed by atoms with Crippen LogP contribution in [0.25, 0.3) is 27.1 Å². The van der Waals surface area contributed by atoms with E-state index >= 15 is 0 Å². The number of ether oxygens (including phenoxy) is 1. The van der Waals surface area contributed by atoms with E-state index in [0.717, 1.165) is 33.6 Å². The molecule has 0 saturated carbocycles. The number of carbonyl (C=O) groups is 1. The summed E-state index contributed by atoms with van der Waals surface area (Å²) in [5.41, 5.74) is 2.51. The number of nitrogens with zero attached hydrogens (tertiary/aromatic N) is 3. The van der Waals surface area contributed by atoms with Crippen molar-refractivity contribution in [3.63, 3.8) is 0 Å². The maximum atomic E-state index is 12.0. The van der Waals surface area contributed by atoms with E-state index in [1.165, 1.54) is 10.8 Å². The number of benzene rings is 1. The van der Waals surface area contributed by atoms with E-state index in [-0.39, 0.29) is 11.4 Å². The second-order valence-corrected chi connectivity index (χ2v) is 8.58. The van der Waals surface area contributed by atoms with Gasteiger partial charge in [0, 0.05) is 23.2 Å². The molecule has 8 nitrogen and oxygen atoms in total. The zero-order valence-electron chi connectivity index (χ0n) is 15.2. The van der Waals surface area contributed by atoms with Gasteiger partial charge < -0.3 is 10.1 Å². The van der Waals surface area contributed by atoms with Crippen molar-refractivity contribution in [2.24, 2.45) is 0 Å². The van der Waals surface area contributed by atoms with Gasteiger partial charge in [-0.25, -0.2) is 13.9 Å². The number of aromatic nitrogens is 3. The molecular formula is C19H17N5O3S. The van der Waals surface area contributed by atoms with Crippen molar-refractivity contribution in [3.8, 4) is 16.9 Å². The van der Waals surface area contributed by atoms with Crippen LogP contribution in [0, 0.1) is 0 Å². The lowest BCUT2D eigenvalue weighted by Gasteiger charge is -2.32. The molecule has 4 heterocycles. The maximum Gasteiger partial charge on any atom is 0.258 e. The molecule has 0 fully saturated rings. The number of hydrogen-bond acceptors (Lipinski definition) is 6. The Hall–Kier alpha value is -3.20. The van der Waals surface area contributed by atoms with Gasteiger partial charge in [0.15, 0.2) is 27.6 Å². The van der Waals surface area contributed by atoms with Crippen molar-refractivity contribution in [2.45, 2.75) is 19.4 Å². The molecule has 3 aromatic rings. The molecule has 142 valence electrons. The maximum absolute atomic E-state index is 12.0. The van der Waals surface area contributed by atoms with Crippen molar-refractivity contribution >= 4 is 38.6 Å². The van der Waals surface area contributed by atoms with Crippen LogP contribution in [0.2, 0.25) is 0 Å². The molecule has 0 radical (unpaired) electrons. The average Bonchev–Trinajstić information content (AvgIpc) is 3.22. The molecule has 0 aliphatic carbocycles. The summed E-state index contributed by atoms with van der Waals surface area (Å²) in [7, 11) is -1.60. The third-order valence-corrected chi connectivity index (χ3v) is 5.70. The summed E-state index contributed by atoms with van der Waals surface area (Å²) in [4.78, 5) is 16.0. The minimum atomic E-state index is -1.60. The summed E-state index contributed by atoms with van der Waals surface area (Å²) in [6.07, 6.45) is 4.79. The van der Waals surface area contributed by atoms with Gasteiger partial charge in [-0.2, -0.15) is 5.10 Å². The third kappa shape index (κ3) is 2.75. The molecule has 28 heavy (non-hydrogen) atoms. The van der Waals surface area contributed by atoms with E-state index < -0.39 is 11.0 Å². The monoisotopic (exact) mass is 395 g/mol. The predicted octanol–water partition coefficient (Wildman–Crippen LogP) is 2.27. The highest BCUT2D eigenvalue weighted by molar-refractivity contribution is 7.93. The van der Waals surface area contributed by atoms with Gasteiger partial charge in [0.1, 0.15) is 6.61 Å². The molecule has 2 aliphatic heterocycles. The van der Waals surface area contributed by atoms with Crippen LogP contribution in [0.4, 0.5) is 5.82 Å². The number of pyridine rings is 1. The molecule has 1 aromatic carbocycles. The van der Waals surface area contributed by atoms with Gasteiger partial charge in [0.2, 0.25) is 0 Å². The first-order valence-electron chi connectivity index (χ1n) is 8.73. The summed E-state index contributed by atoms with van der Waals surface area (Å²) in [6.45, 7) is 4.69. The van der Waals surface area contributed by atoms with Gasteiger partial charge in [0.05, 0.1) is 17.3 Å². The Labute approximate surface area is 163 Å². The molecule has 1 unspecified atom stereocenters. The lowest BCUT2D eigenvalue weighted by Crippen LogP contribution is -2.41. The van der Waals surface area contributed by atoms with Gasteiger partial charge in [-0.05, 0) is 37.6 Å². The van der Waals surface area contributed by atoms with Crippen molar-refractivity contribution < 1.29 is 13.7 Å². The highest BCUT2D eigenvalue weighted by Gasteiger charge is 2.27. The Morgan fingerprint density at radius 1 is 1.21 bits per heavy atom. The minimum Gasteiger partial charge on any atom is -0.487 e. The van der Waals surface area contributed by atoms with Crippen LogP contribution in [0.15, 0.2) is 42.7 Å². The van der Waals surface area contributed by atoms with Gasteiger partial charge in [-0.3, -0.25) is 9.52 Å². The summed E-state index contributed by atoms with van der Waals surface area (Å²) in [5.74, 6) is 1.08. The van der Waals surface area contributed by atoms with Gasteiger partial charge in [-0.1, -0.05) is 6.07 Å². The zero-order valence-corrected chi connectivity index (χ0v) is 16.0. The Kier molecular flexibility index (Phi) is 3.57. The lowest BCUT2D eigenvalue weighted by molar-refractivity contribution is -0.114. The Morgan fingerprint density at radius 3 is 2.86 bits per heavy atom. The second kappa shape index (κ2) is 5.90. The molecule has 9 heteroatoms. The van der Waals surface area contributed by atoms with E-state index in [1.807, 2.05) is 24.3 Å². The molecule has 1 atom stereocenters. The Morgan fingerprint density at radius 2 is 2.07 bits per heavy atom. The Balaban J connectivity index is 1.52. The summed E-state index contributed by atoms with van der Waals surface area (Å²) in [6, 6.07) is 7.78. The first-order valence-corrected chi connectivity index (χ1v) is 9.88. The number of anilines is 1. The van der Waals surface area contributed by atoms with Crippen LogP contribution in [0.3, 0.4) is 0 Å². The predicted molar refractivity (Wildman–Crippen MR) is 107 cm³/mol. The topological polar surface area (TPSA) is 98.1 Å². The van der Waals surface area contributed by atoms with Gasteiger partial charge in [-0.15, -0.1) is 0 Å². The van der Waals surface area contributed by atoms with Crippen LogP contribution >= 0.6 is 0 Å². The fourth-order valence-corrected chi connectivity index (χ4v) is 4.15. The van der Waals surface area contributed by atoms with Crippen molar-refractivity contribution in [3.05, 3.63) is 42.7 Å². The molecule has 5 rings (SSSR count). The summed E-state index contributed by atoms with van der Waals surface area (Å²) in [5, 5.41) is 8.86. The highest BCUT2D eigenvalue weighted by atomic mass is 32.2. The van der Waals surface area contributed by atoms with E-state index in [4.69, 9.17) is 4.74 Å². The van der Waals surface area contributed by atoms with Gasteiger partial charge >= 0.3 is 0 Å². The molecule has 2 aliphatic rings. The number of hydrogen-bond donors (Lipinski definition) is 2. The minimum absolute atomic E-state index is 0.153. The number of fused-ring (bicyclic) bond motifs is 2. The fraction of sp³-hybridized carbons (Fsp3) is 0.211. The van der Waals surface area contributed by atoms with Crippen molar-refractivity contribution in [1.29, 1.82) is 0 Å². The number of amides is 1. The van der Waals surface area contributed by atoms with Crippen LogP contribution in [-0.2, 0) is 15.8 Å². The summed E-state index contributed by atoms with van der Waals surface area (Å²) < 4.78 is 21.7. The molecule has 1 amide bonds. The molecule has 2 N–H and O–H groups in total. The quantitative estimate of drug-likeness (QED) is 0.691. The summed E-state index contributed by atoms with van der Waals surface area (Å²) >= 11 is 0. The van der Waals surface area contributed by atoms with Crippen LogP contribution in [0.5, 0.6) is 5.75 Å². The first kappa shape index (κ1) is 16.9. The lowest BCUT2D eigenvalue weighted by atomic mass is 10.0.